The van der Waals surface area contributed by atoms with E-state index in [0.29, 0.717) is 5.02 Å². The molecule has 0 aliphatic carbocycles. The van der Waals surface area contributed by atoms with Crippen LogP contribution in [0.25, 0.3) is 0 Å². The Morgan fingerprint density at radius 2 is 2.08 bits per heavy atom. The van der Waals surface area contributed by atoms with E-state index in [2.05, 4.69) is 11.1 Å². The third-order valence-corrected chi connectivity index (χ3v) is 2.48. The second kappa shape index (κ2) is 3.53. The van der Waals surface area contributed by atoms with E-state index >= 15 is 0 Å². The van der Waals surface area contributed by atoms with Crippen LogP contribution < -0.4 is 0 Å². The van der Waals surface area contributed by atoms with Gasteiger partial charge >= 0.3 is 0 Å². The maximum absolute atomic E-state index is 8.85. The number of hydrogen-bond acceptors (Lipinski definition) is 2. The lowest BCUT2D eigenvalue weighted by atomic mass is 9.88. The molecule has 1 aromatic rings. The van der Waals surface area contributed by atoms with E-state index in [9.17, 15) is 0 Å². The normalized spacial score (nSPS) is 11.0. The zero-order valence-corrected chi connectivity index (χ0v) is 8.82. The van der Waals surface area contributed by atoms with Crippen molar-refractivity contribution in [1.82, 2.24) is 4.98 Å². The van der Waals surface area contributed by atoms with Gasteiger partial charge in [-0.1, -0.05) is 23.2 Å². The van der Waals surface area contributed by atoms with Crippen LogP contribution in [0.1, 0.15) is 19.4 Å². The Kier molecular flexibility index (Phi) is 2.80. The number of nitriles is 1. The van der Waals surface area contributed by atoms with Crippen LogP contribution in [0.4, 0.5) is 0 Å². The number of halogens is 2. The van der Waals surface area contributed by atoms with E-state index in [-0.39, 0.29) is 5.15 Å². The Labute approximate surface area is 87.1 Å². The monoisotopic (exact) mass is 214 g/mol. The van der Waals surface area contributed by atoms with E-state index < -0.39 is 5.41 Å². The minimum Gasteiger partial charge on any atom is -0.243 e. The molecule has 2 nitrogen and oxygen atoms in total. The third-order valence-electron chi connectivity index (χ3n) is 1.80. The van der Waals surface area contributed by atoms with Crippen LogP contribution in [-0.4, -0.2) is 4.98 Å². The summed E-state index contributed by atoms with van der Waals surface area (Å²) < 4.78 is 0. The fraction of sp³-hybridized carbons (Fsp3) is 0.333. The first-order valence-corrected chi connectivity index (χ1v) is 4.46. The molecule has 0 saturated heterocycles. The highest BCUT2D eigenvalue weighted by Gasteiger charge is 2.20. The first-order chi connectivity index (χ1) is 5.97. The molecule has 0 saturated carbocycles. The summed E-state index contributed by atoms with van der Waals surface area (Å²) in [5.74, 6) is 0. The summed E-state index contributed by atoms with van der Waals surface area (Å²) in [4.78, 5) is 3.88. The fourth-order valence-corrected chi connectivity index (χ4v) is 1.10. The van der Waals surface area contributed by atoms with Gasteiger partial charge in [-0.2, -0.15) is 5.26 Å². The molecule has 68 valence electrons. The lowest BCUT2D eigenvalue weighted by Gasteiger charge is -2.15. The van der Waals surface area contributed by atoms with Crippen LogP contribution >= 0.6 is 23.2 Å². The number of nitrogens with zero attached hydrogens (tertiary/aromatic N) is 2. The molecule has 4 heteroatoms. The summed E-state index contributed by atoms with van der Waals surface area (Å²) in [6.07, 6.45) is 1.57. The molecule has 0 radical (unpaired) electrons. The van der Waals surface area contributed by atoms with Crippen LogP contribution in [0.3, 0.4) is 0 Å². The quantitative estimate of drug-likeness (QED) is 0.674. The van der Waals surface area contributed by atoms with Crippen molar-refractivity contribution in [2.24, 2.45) is 0 Å². The van der Waals surface area contributed by atoms with E-state index in [1.165, 1.54) is 0 Å². The van der Waals surface area contributed by atoms with Gasteiger partial charge in [0.15, 0.2) is 0 Å². The number of aromatic nitrogens is 1. The zero-order valence-electron chi connectivity index (χ0n) is 7.31. The van der Waals surface area contributed by atoms with Gasteiger partial charge in [0, 0.05) is 6.20 Å². The number of rotatable bonds is 1. The average molecular weight is 215 g/mol. The Balaban J connectivity index is 3.20. The molecule has 0 aliphatic rings. The molecule has 1 rings (SSSR count). The molecule has 0 unspecified atom stereocenters. The summed E-state index contributed by atoms with van der Waals surface area (Å²) in [5.41, 5.74) is 0.186. The summed E-state index contributed by atoms with van der Waals surface area (Å²) in [5, 5.41) is 9.49. The van der Waals surface area contributed by atoms with Crippen LogP contribution in [0, 0.1) is 11.3 Å². The van der Waals surface area contributed by atoms with Gasteiger partial charge in [-0.05, 0) is 25.5 Å². The molecule has 0 aliphatic heterocycles. The molecule has 0 spiro atoms. The summed E-state index contributed by atoms with van der Waals surface area (Å²) >= 11 is 11.4. The highest BCUT2D eigenvalue weighted by atomic mass is 35.5. The largest absolute Gasteiger partial charge is 0.243 e. The molecule has 1 aromatic heterocycles. The van der Waals surface area contributed by atoms with Gasteiger partial charge in [-0.15, -0.1) is 0 Å². The van der Waals surface area contributed by atoms with Crippen molar-refractivity contribution in [3.05, 3.63) is 28.0 Å². The Hall–Kier alpha value is -0.780. The van der Waals surface area contributed by atoms with E-state index in [1.807, 2.05) is 0 Å². The minimum absolute atomic E-state index is 0.263. The zero-order chi connectivity index (χ0) is 10.1. The van der Waals surface area contributed by atoms with Crippen molar-refractivity contribution in [1.29, 1.82) is 5.26 Å². The molecular weight excluding hydrogens is 207 g/mol. The first kappa shape index (κ1) is 10.3. The van der Waals surface area contributed by atoms with Crippen molar-refractivity contribution >= 4 is 23.2 Å². The second-order valence-corrected chi connectivity index (χ2v) is 4.00. The average Bonchev–Trinajstić information content (AvgIpc) is 2.09. The lowest BCUT2D eigenvalue weighted by Crippen LogP contribution is -2.14. The maximum atomic E-state index is 8.85. The summed E-state index contributed by atoms with van der Waals surface area (Å²) in [7, 11) is 0. The van der Waals surface area contributed by atoms with Gasteiger partial charge in [-0.3, -0.25) is 0 Å². The SMILES string of the molecule is CC(C)(C#N)c1cnc(Cl)c(Cl)c1. The highest BCUT2D eigenvalue weighted by Crippen LogP contribution is 2.27. The van der Waals surface area contributed by atoms with Crippen molar-refractivity contribution in [2.45, 2.75) is 19.3 Å². The van der Waals surface area contributed by atoms with E-state index in [4.69, 9.17) is 28.5 Å². The van der Waals surface area contributed by atoms with Gasteiger partial charge in [-0.25, -0.2) is 4.98 Å². The standard InChI is InChI=1S/C9H8Cl2N2/c1-9(2,5-12)6-3-7(10)8(11)13-4-6/h3-4H,1-2H3. The van der Waals surface area contributed by atoms with Crippen LogP contribution in [0.2, 0.25) is 10.2 Å². The van der Waals surface area contributed by atoms with E-state index in [1.54, 1.807) is 26.1 Å². The second-order valence-electron chi connectivity index (χ2n) is 3.23. The predicted octanol–water partition coefficient (Wildman–Crippen LogP) is 3.19. The van der Waals surface area contributed by atoms with Crippen LogP contribution in [-0.2, 0) is 5.41 Å². The van der Waals surface area contributed by atoms with Gasteiger partial charge in [0.1, 0.15) is 5.15 Å². The minimum atomic E-state index is -0.582. The molecule has 0 bridgehead atoms. The Bertz CT molecular complexity index is 366. The summed E-state index contributed by atoms with van der Waals surface area (Å²) in [6, 6.07) is 3.83. The number of pyridine rings is 1. The van der Waals surface area contributed by atoms with Gasteiger partial charge in [0.25, 0.3) is 0 Å². The molecule has 0 amide bonds. The molecule has 0 N–H and O–H groups in total. The lowest BCUT2D eigenvalue weighted by molar-refractivity contribution is 0.683. The van der Waals surface area contributed by atoms with Crippen molar-refractivity contribution in [3.8, 4) is 6.07 Å². The first-order valence-electron chi connectivity index (χ1n) is 3.70. The topological polar surface area (TPSA) is 36.7 Å². The number of hydrogen-bond donors (Lipinski definition) is 0. The van der Waals surface area contributed by atoms with Crippen molar-refractivity contribution in [2.75, 3.05) is 0 Å². The van der Waals surface area contributed by atoms with Gasteiger partial charge < -0.3 is 0 Å². The molecule has 0 aromatic carbocycles. The smallest absolute Gasteiger partial charge is 0.147 e. The Morgan fingerprint density at radius 3 is 2.54 bits per heavy atom. The van der Waals surface area contributed by atoms with Gasteiger partial charge in [0.05, 0.1) is 16.5 Å². The van der Waals surface area contributed by atoms with E-state index in [0.717, 1.165) is 5.56 Å². The molecular formula is C9H8Cl2N2. The maximum Gasteiger partial charge on any atom is 0.147 e. The predicted molar refractivity (Wildman–Crippen MR) is 52.9 cm³/mol. The molecule has 0 atom stereocenters. The van der Waals surface area contributed by atoms with Crippen LogP contribution in [0.5, 0.6) is 0 Å². The molecule has 13 heavy (non-hydrogen) atoms. The highest BCUT2D eigenvalue weighted by molar-refractivity contribution is 6.41. The fourth-order valence-electron chi connectivity index (χ4n) is 0.828. The summed E-state index contributed by atoms with van der Waals surface area (Å²) in [6.45, 7) is 3.60. The van der Waals surface area contributed by atoms with Crippen molar-refractivity contribution < 1.29 is 0 Å². The van der Waals surface area contributed by atoms with Crippen LogP contribution in [0.15, 0.2) is 12.3 Å². The third kappa shape index (κ3) is 2.12. The molecule has 0 fully saturated rings. The Morgan fingerprint density at radius 1 is 1.46 bits per heavy atom. The van der Waals surface area contributed by atoms with Crippen molar-refractivity contribution in [3.63, 3.8) is 0 Å². The molecule has 1 heterocycles. The van der Waals surface area contributed by atoms with Gasteiger partial charge in [0.2, 0.25) is 0 Å².